The predicted octanol–water partition coefficient (Wildman–Crippen LogP) is 3.38. The van der Waals surface area contributed by atoms with E-state index in [2.05, 4.69) is 13.8 Å². The fourth-order valence-electron chi connectivity index (χ4n) is 2.58. The first-order valence-electron chi connectivity index (χ1n) is 6.77. The fraction of sp³-hybridized carbons (Fsp3) is 1.00. The molecular weight excluding hydrogens is 200 g/mol. The number of rotatable bonds is 5. The van der Waals surface area contributed by atoms with Crippen LogP contribution in [0.1, 0.15) is 59.8 Å². The maximum Gasteiger partial charge on any atom is 0.0670 e. The van der Waals surface area contributed by atoms with E-state index < -0.39 is 5.60 Å². The van der Waals surface area contributed by atoms with Crippen LogP contribution in [0.2, 0.25) is 0 Å². The monoisotopic (exact) mass is 228 g/mol. The molecule has 2 nitrogen and oxygen atoms in total. The van der Waals surface area contributed by atoms with Crippen molar-refractivity contribution in [3.63, 3.8) is 0 Å². The quantitative estimate of drug-likeness (QED) is 0.781. The van der Waals surface area contributed by atoms with Gasteiger partial charge in [0.05, 0.1) is 11.7 Å². The summed E-state index contributed by atoms with van der Waals surface area (Å²) in [5.74, 6) is 1.57. The zero-order valence-corrected chi connectivity index (χ0v) is 11.3. The molecule has 1 saturated carbocycles. The first kappa shape index (κ1) is 14.0. The van der Waals surface area contributed by atoms with E-state index in [1.54, 1.807) is 0 Å². The molecule has 0 aliphatic heterocycles. The minimum Gasteiger partial charge on any atom is -0.390 e. The number of hydrogen-bond acceptors (Lipinski definition) is 2. The van der Waals surface area contributed by atoms with Crippen LogP contribution in [-0.4, -0.2) is 23.4 Å². The summed E-state index contributed by atoms with van der Waals surface area (Å²) >= 11 is 0. The zero-order chi connectivity index (χ0) is 12.2. The molecule has 0 heterocycles. The summed E-state index contributed by atoms with van der Waals surface area (Å²) in [7, 11) is 0. The van der Waals surface area contributed by atoms with Gasteiger partial charge < -0.3 is 9.84 Å². The highest BCUT2D eigenvalue weighted by molar-refractivity contribution is 4.86. The number of ether oxygens (including phenoxy) is 1. The first-order chi connectivity index (χ1) is 7.43. The van der Waals surface area contributed by atoms with Crippen LogP contribution in [-0.2, 0) is 4.74 Å². The van der Waals surface area contributed by atoms with Crippen LogP contribution in [0.25, 0.3) is 0 Å². The lowest BCUT2D eigenvalue weighted by molar-refractivity contribution is -0.0484. The lowest BCUT2D eigenvalue weighted by Crippen LogP contribution is -2.36. The van der Waals surface area contributed by atoms with E-state index in [0.29, 0.717) is 6.61 Å². The Labute approximate surface area is 100 Å². The maximum absolute atomic E-state index is 10.4. The molecule has 0 amide bonds. The first-order valence-corrected chi connectivity index (χ1v) is 6.77. The van der Waals surface area contributed by atoms with Crippen molar-refractivity contribution in [1.82, 2.24) is 0 Å². The Morgan fingerprint density at radius 2 is 1.75 bits per heavy atom. The molecule has 0 unspecified atom stereocenters. The molecule has 0 aromatic rings. The van der Waals surface area contributed by atoms with Crippen LogP contribution in [0.5, 0.6) is 0 Å². The lowest BCUT2D eigenvalue weighted by Gasteiger charge is -2.37. The van der Waals surface area contributed by atoms with Crippen molar-refractivity contribution in [3.8, 4) is 0 Å². The van der Waals surface area contributed by atoms with Gasteiger partial charge >= 0.3 is 0 Å². The minimum atomic E-state index is -0.444. The topological polar surface area (TPSA) is 29.5 Å². The summed E-state index contributed by atoms with van der Waals surface area (Å²) in [6.07, 6.45) is 5.34. The Bertz CT molecular complexity index is 185. The molecule has 1 fully saturated rings. The van der Waals surface area contributed by atoms with Crippen LogP contribution in [0.3, 0.4) is 0 Å². The van der Waals surface area contributed by atoms with Crippen LogP contribution in [0.15, 0.2) is 0 Å². The van der Waals surface area contributed by atoms with Gasteiger partial charge in [-0.1, -0.05) is 13.8 Å². The Balaban J connectivity index is 2.27. The second-order valence-corrected chi connectivity index (χ2v) is 5.98. The van der Waals surface area contributed by atoms with Crippen molar-refractivity contribution in [2.45, 2.75) is 71.5 Å². The summed E-state index contributed by atoms with van der Waals surface area (Å²) in [4.78, 5) is 0. The Morgan fingerprint density at radius 3 is 2.19 bits per heavy atom. The molecule has 0 radical (unpaired) electrons. The SMILES string of the molecule is CC(C)OCCC1(O)CCC(C(C)C)CC1. The van der Waals surface area contributed by atoms with Gasteiger partial charge in [0, 0.05) is 6.61 Å². The van der Waals surface area contributed by atoms with Gasteiger partial charge in [0.25, 0.3) is 0 Å². The van der Waals surface area contributed by atoms with Gasteiger partial charge in [-0.25, -0.2) is 0 Å². The highest BCUT2D eigenvalue weighted by Gasteiger charge is 2.33. The molecule has 0 atom stereocenters. The average molecular weight is 228 g/mol. The van der Waals surface area contributed by atoms with Gasteiger partial charge in [-0.2, -0.15) is 0 Å². The number of aliphatic hydroxyl groups is 1. The van der Waals surface area contributed by atoms with Gasteiger partial charge in [-0.15, -0.1) is 0 Å². The van der Waals surface area contributed by atoms with Crippen molar-refractivity contribution in [2.24, 2.45) is 11.8 Å². The molecule has 1 aliphatic rings. The summed E-state index contributed by atoms with van der Waals surface area (Å²) < 4.78 is 5.52. The Hall–Kier alpha value is -0.0800. The van der Waals surface area contributed by atoms with E-state index in [0.717, 1.165) is 31.1 Å². The van der Waals surface area contributed by atoms with Gasteiger partial charge in [0.15, 0.2) is 0 Å². The molecule has 1 N–H and O–H groups in total. The normalized spacial score (nSPS) is 31.3. The fourth-order valence-corrected chi connectivity index (χ4v) is 2.58. The molecule has 96 valence electrons. The van der Waals surface area contributed by atoms with Crippen LogP contribution >= 0.6 is 0 Å². The average Bonchev–Trinajstić information content (AvgIpc) is 2.17. The highest BCUT2D eigenvalue weighted by atomic mass is 16.5. The molecule has 0 aromatic carbocycles. The third-order valence-electron chi connectivity index (χ3n) is 3.92. The molecular formula is C14H28O2. The van der Waals surface area contributed by atoms with Crippen molar-refractivity contribution >= 4 is 0 Å². The zero-order valence-electron chi connectivity index (χ0n) is 11.3. The van der Waals surface area contributed by atoms with E-state index in [-0.39, 0.29) is 6.10 Å². The maximum atomic E-state index is 10.4. The van der Waals surface area contributed by atoms with E-state index in [9.17, 15) is 5.11 Å². The lowest BCUT2D eigenvalue weighted by atomic mass is 9.73. The van der Waals surface area contributed by atoms with Gasteiger partial charge in [-0.3, -0.25) is 0 Å². The minimum absolute atomic E-state index is 0.274. The Morgan fingerprint density at radius 1 is 1.19 bits per heavy atom. The molecule has 1 rings (SSSR count). The summed E-state index contributed by atoms with van der Waals surface area (Å²) in [5.41, 5.74) is -0.444. The van der Waals surface area contributed by atoms with E-state index >= 15 is 0 Å². The van der Waals surface area contributed by atoms with E-state index in [4.69, 9.17) is 4.74 Å². The van der Waals surface area contributed by atoms with Crippen molar-refractivity contribution in [2.75, 3.05) is 6.61 Å². The second kappa shape index (κ2) is 6.02. The molecule has 1 aliphatic carbocycles. The van der Waals surface area contributed by atoms with Gasteiger partial charge in [0.1, 0.15) is 0 Å². The molecule has 0 aromatic heterocycles. The standard InChI is InChI=1S/C14H28O2/c1-11(2)13-5-7-14(15,8-6-13)9-10-16-12(3)4/h11-13,15H,5-10H2,1-4H3. The predicted molar refractivity (Wildman–Crippen MR) is 67.5 cm³/mol. The molecule has 0 bridgehead atoms. The Kier molecular flexibility index (Phi) is 5.26. The second-order valence-electron chi connectivity index (χ2n) is 5.98. The third kappa shape index (κ3) is 4.42. The van der Waals surface area contributed by atoms with Crippen molar-refractivity contribution < 1.29 is 9.84 Å². The van der Waals surface area contributed by atoms with Gasteiger partial charge in [0.2, 0.25) is 0 Å². The summed E-state index contributed by atoms with van der Waals surface area (Å²) in [6, 6.07) is 0. The molecule has 0 saturated heterocycles. The molecule has 2 heteroatoms. The molecule has 16 heavy (non-hydrogen) atoms. The van der Waals surface area contributed by atoms with Crippen LogP contribution < -0.4 is 0 Å². The van der Waals surface area contributed by atoms with Crippen molar-refractivity contribution in [3.05, 3.63) is 0 Å². The number of hydrogen-bond donors (Lipinski definition) is 1. The van der Waals surface area contributed by atoms with Crippen LogP contribution in [0.4, 0.5) is 0 Å². The van der Waals surface area contributed by atoms with Gasteiger partial charge in [-0.05, 0) is 57.8 Å². The van der Waals surface area contributed by atoms with E-state index in [1.807, 2.05) is 13.8 Å². The van der Waals surface area contributed by atoms with Crippen molar-refractivity contribution in [1.29, 1.82) is 0 Å². The van der Waals surface area contributed by atoms with E-state index in [1.165, 1.54) is 12.8 Å². The smallest absolute Gasteiger partial charge is 0.0670 e. The summed E-state index contributed by atoms with van der Waals surface area (Å²) in [5, 5.41) is 10.4. The highest BCUT2D eigenvalue weighted by Crippen LogP contribution is 2.37. The largest absolute Gasteiger partial charge is 0.390 e. The summed E-state index contributed by atoms with van der Waals surface area (Å²) in [6.45, 7) is 9.35. The molecule has 0 spiro atoms. The third-order valence-corrected chi connectivity index (χ3v) is 3.92. The van der Waals surface area contributed by atoms with Crippen LogP contribution in [0, 0.1) is 11.8 Å².